The molecule has 0 saturated carbocycles. The minimum absolute atomic E-state index is 0.0251. The molecule has 0 radical (unpaired) electrons. The first-order chi connectivity index (χ1) is 10.3. The van der Waals surface area contributed by atoms with Crippen LogP contribution in [0.15, 0.2) is 48.5 Å². The van der Waals surface area contributed by atoms with E-state index in [4.69, 9.17) is 9.47 Å². The zero-order valence-electron chi connectivity index (χ0n) is 12.9. The normalized spacial score (nSPS) is 12.0. The molecule has 0 fully saturated rings. The molecule has 1 unspecified atom stereocenters. The summed E-state index contributed by atoms with van der Waals surface area (Å²) in [6, 6.07) is 16.2. The zero-order chi connectivity index (χ0) is 15.1. The number of benzene rings is 2. The summed E-state index contributed by atoms with van der Waals surface area (Å²) < 4.78 is 11.6. The van der Waals surface area contributed by atoms with Crippen molar-refractivity contribution in [1.82, 2.24) is 5.32 Å². The maximum absolute atomic E-state index is 6.19. The Morgan fingerprint density at radius 2 is 1.81 bits per heavy atom. The number of ether oxygens (including phenoxy) is 2. The Labute approximate surface area is 126 Å². The Morgan fingerprint density at radius 3 is 2.48 bits per heavy atom. The monoisotopic (exact) mass is 285 g/mol. The van der Waals surface area contributed by atoms with Crippen molar-refractivity contribution in [3.63, 3.8) is 0 Å². The molecule has 0 spiro atoms. The van der Waals surface area contributed by atoms with Gasteiger partial charge in [-0.1, -0.05) is 49.4 Å². The average molecular weight is 285 g/mol. The van der Waals surface area contributed by atoms with Crippen LogP contribution >= 0.6 is 0 Å². The Kier molecular flexibility index (Phi) is 5.64. The number of rotatable bonds is 7. The summed E-state index contributed by atoms with van der Waals surface area (Å²) >= 11 is 0. The first kappa shape index (κ1) is 15.4. The lowest BCUT2D eigenvalue weighted by Crippen LogP contribution is -2.14. The van der Waals surface area contributed by atoms with E-state index in [2.05, 4.69) is 37.4 Å². The van der Waals surface area contributed by atoms with Gasteiger partial charge in [-0.3, -0.25) is 0 Å². The number of methoxy groups -OCH3 is 1. The van der Waals surface area contributed by atoms with Crippen molar-refractivity contribution in [2.24, 2.45) is 0 Å². The van der Waals surface area contributed by atoms with Crippen molar-refractivity contribution in [3.8, 4) is 11.5 Å². The highest BCUT2D eigenvalue weighted by Crippen LogP contribution is 2.34. The van der Waals surface area contributed by atoms with Crippen LogP contribution in [0.2, 0.25) is 0 Å². The molecule has 0 aliphatic carbocycles. The van der Waals surface area contributed by atoms with Crippen LogP contribution in [0.4, 0.5) is 0 Å². The van der Waals surface area contributed by atoms with Gasteiger partial charge in [0.05, 0.1) is 7.11 Å². The van der Waals surface area contributed by atoms with Crippen molar-refractivity contribution < 1.29 is 9.47 Å². The molecule has 2 aromatic rings. The lowest BCUT2D eigenvalue weighted by Gasteiger charge is -2.20. The summed E-state index contributed by atoms with van der Waals surface area (Å²) in [5, 5.41) is 3.33. The summed E-state index contributed by atoms with van der Waals surface area (Å²) in [4.78, 5) is 0. The largest absolute Gasteiger partial charge is 0.493 e. The lowest BCUT2D eigenvalue weighted by atomic mass is 10.1. The molecule has 1 N–H and O–H groups in total. The topological polar surface area (TPSA) is 30.5 Å². The quantitative estimate of drug-likeness (QED) is 0.835. The van der Waals surface area contributed by atoms with Crippen molar-refractivity contribution >= 4 is 0 Å². The molecule has 3 nitrogen and oxygen atoms in total. The number of para-hydroxylation sites is 1. The van der Waals surface area contributed by atoms with E-state index in [0.717, 1.165) is 35.7 Å². The summed E-state index contributed by atoms with van der Waals surface area (Å²) in [6.45, 7) is 5.83. The van der Waals surface area contributed by atoms with Crippen molar-refractivity contribution in [3.05, 3.63) is 59.7 Å². The van der Waals surface area contributed by atoms with Gasteiger partial charge in [0.2, 0.25) is 0 Å². The SMILES string of the molecule is CCNCc1cccc(OC)c1OC(C)c1ccccc1. The Morgan fingerprint density at radius 1 is 1.05 bits per heavy atom. The molecular weight excluding hydrogens is 262 g/mol. The third-order valence-electron chi connectivity index (χ3n) is 3.41. The average Bonchev–Trinajstić information content (AvgIpc) is 2.54. The highest BCUT2D eigenvalue weighted by atomic mass is 16.5. The number of hydrogen-bond acceptors (Lipinski definition) is 3. The minimum Gasteiger partial charge on any atom is -0.493 e. The van der Waals surface area contributed by atoms with Crippen molar-refractivity contribution in [2.45, 2.75) is 26.5 Å². The second-order valence-electron chi connectivity index (χ2n) is 4.90. The van der Waals surface area contributed by atoms with Crippen molar-refractivity contribution in [2.75, 3.05) is 13.7 Å². The van der Waals surface area contributed by atoms with Gasteiger partial charge in [-0.05, 0) is 25.1 Å². The van der Waals surface area contributed by atoms with Crippen LogP contribution < -0.4 is 14.8 Å². The maximum atomic E-state index is 6.19. The molecule has 0 aliphatic heterocycles. The summed E-state index contributed by atoms with van der Waals surface area (Å²) in [7, 11) is 1.67. The number of nitrogens with one attached hydrogen (secondary N) is 1. The summed E-state index contributed by atoms with van der Waals surface area (Å²) in [6.07, 6.45) is -0.0251. The predicted molar refractivity (Wildman–Crippen MR) is 85.9 cm³/mol. The summed E-state index contributed by atoms with van der Waals surface area (Å²) in [5.41, 5.74) is 2.26. The van der Waals surface area contributed by atoms with E-state index in [0.29, 0.717) is 0 Å². The van der Waals surface area contributed by atoms with Gasteiger partial charge >= 0.3 is 0 Å². The second-order valence-corrected chi connectivity index (χ2v) is 4.90. The van der Waals surface area contributed by atoms with Gasteiger partial charge in [-0.15, -0.1) is 0 Å². The molecule has 112 valence electrons. The first-order valence-electron chi connectivity index (χ1n) is 7.34. The van der Waals surface area contributed by atoms with Gasteiger partial charge in [0.1, 0.15) is 6.10 Å². The van der Waals surface area contributed by atoms with E-state index >= 15 is 0 Å². The fourth-order valence-electron chi connectivity index (χ4n) is 2.22. The molecule has 2 aromatic carbocycles. The van der Waals surface area contributed by atoms with Crippen LogP contribution in [0.5, 0.6) is 11.5 Å². The molecular formula is C18H23NO2. The molecule has 0 aliphatic rings. The van der Waals surface area contributed by atoms with Gasteiger partial charge < -0.3 is 14.8 Å². The van der Waals surface area contributed by atoms with E-state index in [1.807, 2.05) is 30.3 Å². The minimum atomic E-state index is -0.0251. The molecule has 21 heavy (non-hydrogen) atoms. The Bertz CT molecular complexity index is 554. The van der Waals surface area contributed by atoms with Gasteiger partial charge in [0.15, 0.2) is 11.5 Å². The third-order valence-corrected chi connectivity index (χ3v) is 3.41. The molecule has 3 heteroatoms. The first-order valence-corrected chi connectivity index (χ1v) is 7.34. The van der Waals surface area contributed by atoms with Gasteiger partial charge in [-0.2, -0.15) is 0 Å². The van der Waals surface area contributed by atoms with Crippen LogP contribution in [0.1, 0.15) is 31.1 Å². The summed E-state index contributed by atoms with van der Waals surface area (Å²) in [5.74, 6) is 1.59. The third kappa shape index (κ3) is 3.99. The fraction of sp³-hybridized carbons (Fsp3) is 0.333. The van der Waals surface area contributed by atoms with Crippen molar-refractivity contribution in [1.29, 1.82) is 0 Å². The predicted octanol–water partition coefficient (Wildman–Crippen LogP) is 3.94. The van der Waals surface area contributed by atoms with Gasteiger partial charge in [-0.25, -0.2) is 0 Å². The fourth-order valence-corrected chi connectivity index (χ4v) is 2.22. The Hall–Kier alpha value is -2.00. The number of hydrogen-bond donors (Lipinski definition) is 1. The zero-order valence-corrected chi connectivity index (χ0v) is 12.9. The lowest BCUT2D eigenvalue weighted by molar-refractivity contribution is 0.213. The van der Waals surface area contributed by atoms with Crippen LogP contribution in [0.25, 0.3) is 0 Å². The highest BCUT2D eigenvalue weighted by Gasteiger charge is 2.14. The highest BCUT2D eigenvalue weighted by molar-refractivity contribution is 5.47. The second kappa shape index (κ2) is 7.70. The molecule has 0 aromatic heterocycles. The molecule has 0 amide bonds. The van der Waals surface area contributed by atoms with Crippen LogP contribution in [-0.2, 0) is 6.54 Å². The van der Waals surface area contributed by atoms with Crippen LogP contribution in [-0.4, -0.2) is 13.7 Å². The van der Waals surface area contributed by atoms with E-state index in [1.165, 1.54) is 0 Å². The molecule has 2 rings (SSSR count). The van der Waals surface area contributed by atoms with E-state index in [1.54, 1.807) is 7.11 Å². The molecule has 1 atom stereocenters. The van der Waals surface area contributed by atoms with Crippen LogP contribution in [0.3, 0.4) is 0 Å². The van der Waals surface area contributed by atoms with E-state index < -0.39 is 0 Å². The molecule has 0 bridgehead atoms. The van der Waals surface area contributed by atoms with Gasteiger partial charge in [0.25, 0.3) is 0 Å². The maximum Gasteiger partial charge on any atom is 0.166 e. The smallest absolute Gasteiger partial charge is 0.166 e. The van der Waals surface area contributed by atoms with Gasteiger partial charge in [0, 0.05) is 12.1 Å². The van der Waals surface area contributed by atoms with E-state index in [-0.39, 0.29) is 6.10 Å². The standard InChI is InChI=1S/C18H23NO2/c1-4-19-13-16-11-8-12-17(20-3)18(16)21-14(2)15-9-6-5-7-10-15/h5-12,14,19H,4,13H2,1-3H3. The molecule has 0 saturated heterocycles. The van der Waals surface area contributed by atoms with Crippen LogP contribution in [0, 0.1) is 0 Å². The molecule has 0 heterocycles. The van der Waals surface area contributed by atoms with E-state index in [9.17, 15) is 0 Å². The Balaban J connectivity index is 2.24.